The summed E-state index contributed by atoms with van der Waals surface area (Å²) in [6, 6.07) is 25.0. The predicted molar refractivity (Wildman–Crippen MR) is 477 cm³/mol. The number of hydrogen-bond donors (Lipinski definition) is 3. The number of imidazole rings is 1. The second-order valence-electron chi connectivity index (χ2n) is 23.5. The van der Waals surface area contributed by atoms with Crippen LogP contribution in [0.4, 0.5) is 0 Å². The molecule has 8 aromatic heterocycles. The van der Waals surface area contributed by atoms with Crippen LogP contribution in [0.25, 0.3) is 0 Å². The van der Waals surface area contributed by atoms with E-state index in [9.17, 15) is 0 Å². The summed E-state index contributed by atoms with van der Waals surface area (Å²) in [5.41, 5.74) is 0. The first kappa shape index (κ1) is 143. The second kappa shape index (κ2) is 177. The lowest BCUT2D eigenvalue weighted by atomic mass is 10.3. The SMILES string of the molecule is CC.CC.CC.CC.CC.CC.CC.CC.CC.CC(C)C.CC(C)C.CC(C)C.CC(C)C.CC(C)C.CC(C)C.CC(C)C.CC(C)C.CC(C)C.c1c[nH]cn1.c1ccccc1.c1ccncc1.c1ccnnc1.c1cn[nH]c1.c1cn[nH]n1.c1cnccn1.c1cncnc1.c1cnncn1. The third-order valence-corrected chi connectivity index (χ3v) is 4.22. The first-order chi connectivity index (χ1) is 50.1. The molecule has 0 saturated heterocycles. The Morgan fingerprint density at radius 2 is 0.429 bits per heavy atom. The maximum absolute atomic E-state index is 3.78. The smallest absolute Gasteiger partial charge is 0.138 e. The van der Waals surface area contributed by atoms with Crippen molar-refractivity contribution in [1.82, 2.24) is 85.9 Å². The second-order valence-corrected chi connectivity index (χ2v) is 23.5. The van der Waals surface area contributed by atoms with Crippen molar-refractivity contribution in [3.8, 4) is 0 Å². The number of H-pyrrole nitrogens is 3. The molecule has 0 saturated carbocycles. The number of nitrogens with one attached hydrogen (secondary N) is 3. The molecule has 0 fully saturated rings. The number of rotatable bonds is 0. The fraction of sp³-hybridized carbons (Fsp3) is 0.614. The number of nitrogens with zero attached hydrogens (tertiary/aromatic N) is 14. The number of benzene rings is 1. The van der Waals surface area contributed by atoms with E-state index in [0.29, 0.717) is 0 Å². The van der Waals surface area contributed by atoms with Gasteiger partial charge in [0.1, 0.15) is 12.7 Å². The fourth-order valence-corrected chi connectivity index (χ4v) is 2.26. The van der Waals surface area contributed by atoms with Crippen molar-refractivity contribution >= 4 is 0 Å². The van der Waals surface area contributed by atoms with E-state index in [1.54, 1.807) is 118 Å². The van der Waals surface area contributed by atoms with E-state index in [-0.39, 0.29) is 0 Å². The Hall–Kier alpha value is -7.82. The zero-order valence-corrected chi connectivity index (χ0v) is 77.6. The Bertz CT molecular complexity index is 1550. The fourth-order valence-electron chi connectivity index (χ4n) is 2.26. The van der Waals surface area contributed by atoms with Gasteiger partial charge in [0.05, 0.1) is 24.9 Å². The highest BCUT2D eigenvalue weighted by atomic mass is 15.3. The quantitative estimate of drug-likeness (QED) is 0.128. The van der Waals surface area contributed by atoms with Gasteiger partial charge in [0.25, 0.3) is 0 Å². The summed E-state index contributed by atoms with van der Waals surface area (Å²) in [5.74, 6) is 7.50. The zero-order valence-electron chi connectivity index (χ0n) is 77.6. The van der Waals surface area contributed by atoms with E-state index >= 15 is 0 Å². The highest BCUT2D eigenvalue weighted by molar-refractivity contribution is 4.99. The minimum atomic E-state index is 0.833. The number of hydrogen-bond acceptors (Lipinski definition) is 14. The van der Waals surface area contributed by atoms with Crippen molar-refractivity contribution < 1.29 is 0 Å². The summed E-state index contributed by atoms with van der Waals surface area (Å²) in [4.78, 5) is 28.6. The molecule has 3 N–H and O–H groups in total. The van der Waals surface area contributed by atoms with Crippen molar-refractivity contribution in [2.45, 2.75) is 312 Å². The number of pyridine rings is 1. The molecule has 0 amide bonds. The number of aromatic amines is 3. The van der Waals surface area contributed by atoms with Crippen LogP contribution in [0, 0.1) is 53.3 Å². The van der Waals surface area contributed by atoms with Crippen LogP contribution in [0.1, 0.15) is 312 Å². The monoisotopic (exact) mass is 1480 g/mol. The molecule has 618 valence electrons. The molecule has 17 heteroatoms. The molecule has 0 unspecified atom stereocenters. The van der Waals surface area contributed by atoms with Crippen LogP contribution in [-0.2, 0) is 0 Å². The van der Waals surface area contributed by atoms with Crippen molar-refractivity contribution in [2.24, 2.45) is 53.3 Å². The normalized spacial score (nSPS) is 7.49. The zero-order chi connectivity index (χ0) is 86.3. The molecule has 0 bridgehead atoms. The molecule has 17 nitrogen and oxygen atoms in total. The van der Waals surface area contributed by atoms with Gasteiger partial charge in [-0.15, -0.1) is 5.10 Å². The van der Waals surface area contributed by atoms with Gasteiger partial charge in [0, 0.05) is 93.0 Å². The Labute approximate surface area is 656 Å². The van der Waals surface area contributed by atoms with Gasteiger partial charge < -0.3 is 4.98 Å². The Balaban J connectivity index is -0.0000000472. The van der Waals surface area contributed by atoms with Gasteiger partial charge in [0.15, 0.2) is 0 Å². The third kappa shape index (κ3) is 458. The van der Waals surface area contributed by atoms with Gasteiger partial charge in [0.2, 0.25) is 0 Å². The van der Waals surface area contributed by atoms with E-state index in [4.69, 9.17) is 0 Å². The molecule has 105 heavy (non-hydrogen) atoms. The Morgan fingerprint density at radius 1 is 0.181 bits per heavy atom. The first-order valence-electron chi connectivity index (χ1n) is 39.3. The summed E-state index contributed by atoms with van der Waals surface area (Å²) in [6.45, 7) is 94.5. The highest BCUT2D eigenvalue weighted by Gasteiger charge is 1.73. The van der Waals surface area contributed by atoms with E-state index < -0.39 is 0 Å². The van der Waals surface area contributed by atoms with Gasteiger partial charge in [-0.05, 0) is 89.7 Å². The lowest BCUT2D eigenvalue weighted by Gasteiger charge is -1.79. The van der Waals surface area contributed by atoms with Crippen LogP contribution in [-0.4, -0.2) is 85.9 Å². The summed E-state index contributed by atoms with van der Waals surface area (Å²) in [7, 11) is 0. The maximum Gasteiger partial charge on any atom is 0.138 e. The molecule has 0 atom stereocenters. The average molecular weight is 1480 g/mol. The summed E-state index contributed by atoms with van der Waals surface area (Å²) >= 11 is 0. The van der Waals surface area contributed by atoms with Crippen molar-refractivity contribution in [2.75, 3.05) is 0 Å². The van der Waals surface area contributed by atoms with E-state index in [2.05, 4.69) is 273 Å². The van der Waals surface area contributed by atoms with Crippen LogP contribution in [0.15, 0.2) is 209 Å². The molecule has 0 aliphatic carbocycles. The summed E-state index contributed by atoms with van der Waals surface area (Å²) < 4.78 is 0. The van der Waals surface area contributed by atoms with Crippen LogP contribution >= 0.6 is 0 Å². The predicted octanol–water partition coefficient (Wildman–Crippen LogP) is 28.9. The van der Waals surface area contributed by atoms with Gasteiger partial charge in [-0.3, -0.25) is 20.1 Å². The molecule has 8 heterocycles. The van der Waals surface area contributed by atoms with E-state index in [0.717, 1.165) is 53.3 Å². The standard InChI is InChI=1S/C6H6.C5H5N.3C4H4N2.9C4H10.C3H3N3.2C3H4N2.C2H3N3.9C2H6/c2*1-2-4-6-5-3-1;1-2-6-4-3-5-1;1-2-5-4-6-3-1;1-2-4-6-5-3-1;9*1-4(2)3;1-2-5-6-3-4-1;1-2-5-3-4-1;2*1-2-4-5-3-1;9*1-2/h1-6H;1-5H;3*1-4H;9*4H,1-3H3;1-3H;2*1-3H,(H,4,5);1-2H,(H,3,4,5);9*1-2H3. The van der Waals surface area contributed by atoms with Crippen LogP contribution < -0.4 is 0 Å². The minimum absolute atomic E-state index is 0.833. The average Bonchev–Trinajstić information content (AvgIpc) is 4.78. The Morgan fingerprint density at radius 3 is 0.514 bits per heavy atom. The van der Waals surface area contributed by atoms with Gasteiger partial charge in [-0.2, -0.15) is 35.8 Å². The van der Waals surface area contributed by atoms with E-state index in [1.165, 1.54) is 18.9 Å². The first-order valence-corrected chi connectivity index (χ1v) is 39.3. The molecular weight excluding hydrogens is 1300 g/mol. The highest BCUT2D eigenvalue weighted by Crippen LogP contribution is 1.85. The van der Waals surface area contributed by atoms with Crippen molar-refractivity contribution in [3.63, 3.8) is 0 Å². The molecule has 9 rings (SSSR count). The van der Waals surface area contributed by atoms with Gasteiger partial charge in [-0.25, -0.2) is 19.9 Å². The number of aromatic nitrogens is 17. The summed E-state index contributed by atoms with van der Waals surface area (Å²) in [5, 5.41) is 29.5. The lowest BCUT2D eigenvalue weighted by molar-refractivity contribution is 0.736. The van der Waals surface area contributed by atoms with Crippen LogP contribution in [0.2, 0.25) is 0 Å². The molecular formula is C88H181N17. The molecule has 1 aromatic carbocycles. The molecule has 0 radical (unpaired) electrons. The largest absolute Gasteiger partial charge is 0.351 e. The molecule has 0 aliphatic rings. The van der Waals surface area contributed by atoms with Gasteiger partial charge in [-0.1, -0.05) is 354 Å². The van der Waals surface area contributed by atoms with Crippen molar-refractivity contribution in [3.05, 3.63) is 209 Å². The molecule has 0 aliphatic heterocycles. The minimum Gasteiger partial charge on any atom is -0.351 e. The molecule has 9 aromatic rings. The maximum atomic E-state index is 3.78. The van der Waals surface area contributed by atoms with Crippen molar-refractivity contribution in [1.29, 1.82) is 0 Å². The van der Waals surface area contributed by atoms with Gasteiger partial charge >= 0.3 is 0 Å². The summed E-state index contributed by atoms with van der Waals surface area (Å²) in [6.07, 6.45) is 34.4. The third-order valence-electron chi connectivity index (χ3n) is 4.22. The topological polar surface area (TPSA) is 228 Å². The Kier molecular flexibility index (Phi) is 242. The van der Waals surface area contributed by atoms with Crippen LogP contribution in [0.5, 0.6) is 0 Å². The lowest BCUT2D eigenvalue weighted by Crippen LogP contribution is -1.75. The van der Waals surface area contributed by atoms with E-state index in [1.807, 2.05) is 197 Å². The molecule has 0 spiro atoms. The van der Waals surface area contributed by atoms with Crippen LogP contribution in [0.3, 0.4) is 0 Å².